The minimum absolute atomic E-state index is 0.0149. The van der Waals surface area contributed by atoms with Crippen molar-refractivity contribution in [1.29, 1.82) is 0 Å². The SMILES string of the molecule is C[C@H](c1ccc(Cl)cc1Cl)N(C)C(=O)c1cc(O)cc([N+](=O)[O-])c1. The summed E-state index contributed by atoms with van der Waals surface area (Å²) in [4.78, 5) is 24.2. The first-order valence-corrected chi connectivity index (χ1v) is 7.67. The number of phenols is 1. The number of nitrogens with zero attached hydrogens (tertiary/aromatic N) is 2. The average Bonchev–Trinajstić information content (AvgIpc) is 2.52. The summed E-state index contributed by atoms with van der Waals surface area (Å²) >= 11 is 12.0. The van der Waals surface area contributed by atoms with Gasteiger partial charge in [-0.15, -0.1) is 0 Å². The van der Waals surface area contributed by atoms with E-state index in [1.165, 1.54) is 11.0 Å². The number of aromatic hydroxyl groups is 1. The third-order valence-electron chi connectivity index (χ3n) is 3.67. The summed E-state index contributed by atoms with van der Waals surface area (Å²) in [6, 6.07) is 7.84. The fourth-order valence-corrected chi connectivity index (χ4v) is 2.82. The molecule has 1 atom stereocenters. The molecule has 0 aromatic heterocycles. The summed E-state index contributed by atoms with van der Waals surface area (Å²) in [6.45, 7) is 1.77. The molecule has 0 aliphatic heterocycles. The fraction of sp³-hybridized carbons (Fsp3) is 0.188. The minimum Gasteiger partial charge on any atom is -0.508 e. The molecule has 8 heteroatoms. The molecular weight excluding hydrogens is 355 g/mol. The molecule has 0 unspecified atom stereocenters. The van der Waals surface area contributed by atoms with Gasteiger partial charge >= 0.3 is 0 Å². The molecule has 1 N–H and O–H groups in total. The lowest BCUT2D eigenvalue weighted by atomic mass is 10.1. The summed E-state index contributed by atoms with van der Waals surface area (Å²) in [5, 5.41) is 21.4. The molecule has 1 amide bonds. The summed E-state index contributed by atoms with van der Waals surface area (Å²) in [5.41, 5.74) is 0.344. The zero-order chi connectivity index (χ0) is 18.0. The molecule has 24 heavy (non-hydrogen) atoms. The number of non-ortho nitro benzene ring substituents is 1. The normalized spacial score (nSPS) is 11.8. The van der Waals surface area contributed by atoms with E-state index in [1.807, 2.05) is 0 Å². The van der Waals surface area contributed by atoms with Crippen LogP contribution >= 0.6 is 23.2 Å². The number of hydrogen-bond donors (Lipinski definition) is 1. The molecule has 0 aliphatic carbocycles. The molecule has 0 saturated heterocycles. The monoisotopic (exact) mass is 368 g/mol. The van der Waals surface area contributed by atoms with Crippen molar-refractivity contribution in [3.8, 4) is 5.75 Å². The highest BCUT2D eigenvalue weighted by molar-refractivity contribution is 6.35. The minimum atomic E-state index is -0.671. The Labute approximate surface area is 148 Å². The second-order valence-electron chi connectivity index (χ2n) is 5.25. The summed E-state index contributed by atoms with van der Waals surface area (Å²) in [7, 11) is 1.55. The maximum absolute atomic E-state index is 12.6. The Kier molecular flexibility index (Phi) is 5.31. The first-order chi connectivity index (χ1) is 11.2. The number of halogens is 2. The fourth-order valence-electron chi connectivity index (χ4n) is 2.25. The Morgan fingerprint density at radius 1 is 1.25 bits per heavy atom. The molecule has 0 radical (unpaired) electrons. The lowest BCUT2D eigenvalue weighted by Crippen LogP contribution is -2.29. The van der Waals surface area contributed by atoms with Gasteiger partial charge in [0.05, 0.1) is 22.6 Å². The van der Waals surface area contributed by atoms with Crippen LogP contribution in [0.4, 0.5) is 5.69 Å². The van der Waals surface area contributed by atoms with Crippen molar-refractivity contribution < 1.29 is 14.8 Å². The number of nitro benzene ring substituents is 1. The van der Waals surface area contributed by atoms with Crippen LogP contribution in [0.3, 0.4) is 0 Å². The number of benzene rings is 2. The molecule has 0 spiro atoms. The molecule has 0 aliphatic rings. The van der Waals surface area contributed by atoms with Gasteiger partial charge in [-0.1, -0.05) is 29.3 Å². The van der Waals surface area contributed by atoms with E-state index >= 15 is 0 Å². The Morgan fingerprint density at radius 3 is 2.50 bits per heavy atom. The Bertz CT molecular complexity index is 811. The molecule has 2 rings (SSSR count). The van der Waals surface area contributed by atoms with Crippen LogP contribution in [0.25, 0.3) is 0 Å². The van der Waals surface area contributed by atoms with Gasteiger partial charge in [-0.05, 0) is 30.7 Å². The maximum Gasteiger partial charge on any atom is 0.273 e. The topological polar surface area (TPSA) is 83.7 Å². The highest BCUT2D eigenvalue weighted by Crippen LogP contribution is 2.30. The van der Waals surface area contributed by atoms with Crippen LogP contribution in [0.15, 0.2) is 36.4 Å². The summed E-state index contributed by atoms with van der Waals surface area (Å²) in [6.07, 6.45) is 0. The standard InChI is InChI=1S/C16H14Cl2N2O4/c1-9(14-4-3-11(17)7-15(14)18)19(2)16(22)10-5-12(20(23)24)8-13(21)6-10/h3-9,21H,1-2H3/t9-/m1/s1. The number of amides is 1. The first kappa shape index (κ1) is 18.0. The molecule has 0 saturated carbocycles. The summed E-state index contributed by atoms with van der Waals surface area (Å²) < 4.78 is 0. The van der Waals surface area contributed by atoms with Crippen LogP contribution < -0.4 is 0 Å². The third kappa shape index (κ3) is 3.77. The van der Waals surface area contributed by atoms with Crippen molar-refractivity contribution in [3.05, 3.63) is 67.7 Å². The van der Waals surface area contributed by atoms with Crippen molar-refractivity contribution in [2.75, 3.05) is 7.05 Å². The molecule has 0 bridgehead atoms. The van der Waals surface area contributed by atoms with Crippen LogP contribution in [0.1, 0.15) is 28.9 Å². The van der Waals surface area contributed by atoms with E-state index in [0.717, 1.165) is 12.1 Å². The Hall–Kier alpha value is -2.31. The maximum atomic E-state index is 12.6. The number of rotatable bonds is 4. The smallest absolute Gasteiger partial charge is 0.273 e. The lowest BCUT2D eigenvalue weighted by Gasteiger charge is -2.26. The number of carbonyl (C=O) groups is 1. The van der Waals surface area contributed by atoms with Crippen molar-refractivity contribution in [2.24, 2.45) is 0 Å². The van der Waals surface area contributed by atoms with E-state index in [2.05, 4.69) is 0 Å². The molecule has 126 valence electrons. The number of nitro groups is 1. The Morgan fingerprint density at radius 2 is 1.92 bits per heavy atom. The quantitative estimate of drug-likeness (QED) is 0.638. The average molecular weight is 369 g/mol. The van der Waals surface area contributed by atoms with Gasteiger partial charge in [-0.25, -0.2) is 0 Å². The van der Waals surface area contributed by atoms with E-state index in [-0.39, 0.29) is 17.0 Å². The van der Waals surface area contributed by atoms with Crippen LogP contribution in [0.2, 0.25) is 10.0 Å². The highest BCUT2D eigenvalue weighted by Gasteiger charge is 2.23. The highest BCUT2D eigenvalue weighted by atomic mass is 35.5. The second kappa shape index (κ2) is 7.07. The van der Waals surface area contributed by atoms with Crippen molar-refractivity contribution >= 4 is 34.8 Å². The van der Waals surface area contributed by atoms with Gasteiger partial charge in [-0.3, -0.25) is 14.9 Å². The van der Waals surface area contributed by atoms with Gasteiger partial charge in [0, 0.05) is 23.2 Å². The van der Waals surface area contributed by atoms with E-state index in [1.54, 1.807) is 32.2 Å². The number of phenolic OH excluding ortho intramolecular Hbond substituents is 1. The van der Waals surface area contributed by atoms with E-state index in [0.29, 0.717) is 15.6 Å². The molecule has 0 fully saturated rings. The molecule has 2 aromatic rings. The summed E-state index contributed by atoms with van der Waals surface area (Å²) in [5.74, 6) is -0.828. The van der Waals surface area contributed by atoms with Gasteiger partial charge in [-0.2, -0.15) is 0 Å². The van der Waals surface area contributed by atoms with Crippen LogP contribution in [0.5, 0.6) is 5.75 Å². The second-order valence-corrected chi connectivity index (χ2v) is 6.10. The van der Waals surface area contributed by atoms with E-state index in [4.69, 9.17) is 23.2 Å². The van der Waals surface area contributed by atoms with Gasteiger partial charge in [0.15, 0.2) is 0 Å². The first-order valence-electron chi connectivity index (χ1n) is 6.91. The largest absolute Gasteiger partial charge is 0.508 e. The Balaban J connectivity index is 2.33. The van der Waals surface area contributed by atoms with E-state index in [9.17, 15) is 20.0 Å². The third-order valence-corrected chi connectivity index (χ3v) is 4.24. The zero-order valence-corrected chi connectivity index (χ0v) is 14.4. The zero-order valence-electron chi connectivity index (χ0n) is 12.9. The predicted molar refractivity (Wildman–Crippen MR) is 91.7 cm³/mol. The van der Waals surface area contributed by atoms with Crippen molar-refractivity contribution in [3.63, 3.8) is 0 Å². The van der Waals surface area contributed by atoms with Gasteiger partial charge in [0.1, 0.15) is 5.75 Å². The van der Waals surface area contributed by atoms with Gasteiger partial charge in [0.2, 0.25) is 0 Å². The van der Waals surface area contributed by atoms with E-state index < -0.39 is 16.9 Å². The lowest BCUT2D eigenvalue weighted by molar-refractivity contribution is -0.385. The van der Waals surface area contributed by atoms with Crippen LogP contribution in [-0.4, -0.2) is 27.9 Å². The van der Waals surface area contributed by atoms with Gasteiger partial charge < -0.3 is 10.0 Å². The number of hydrogen-bond acceptors (Lipinski definition) is 4. The molecular formula is C16H14Cl2N2O4. The van der Waals surface area contributed by atoms with Crippen LogP contribution in [-0.2, 0) is 0 Å². The van der Waals surface area contributed by atoms with Gasteiger partial charge in [0.25, 0.3) is 11.6 Å². The molecule has 6 nitrogen and oxygen atoms in total. The molecule has 2 aromatic carbocycles. The van der Waals surface area contributed by atoms with Crippen LogP contribution in [0, 0.1) is 10.1 Å². The van der Waals surface area contributed by atoms with Crippen molar-refractivity contribution in [1.82, 2.24) is 4.90 Å². The van der Waals surface area contributed by atoms with Crippen molar-refractivity contribution in [2.45, 2.75) is 13.0 Å². The predicted octanol–water partition coefficient (Wildman–Crippen LogP) is 4.44. The molecule has 0 heterocycles. The number of carbonyl (C=O) groups excluding carboxylic acids is 1.